The van der Waals surface area contributed by atoms with E-state index in [-0.39, 0.29) is 40.0 Å². The standard InChI is InChI=1S/C31H36ClFN4O7S/c1-36-27-8-4-3-7-23(27)28(35-36)29(39)34-26-17-25(33)20(16-24(26)32)15-21(38)18-45(41,42)31(37-13-5-6-14-37)44-22-11-9-19(10-12-22)30(40)43-2/h3-4,7-8,16-17,19,22,31H,5-6,9-15,18H2,1-2H3,(H,34,39). The summed E-state index contributed by atoms with van der Waals surface area (Å²) in [5.41, 5.74) is -0.534. The van der Waals surface area contributed by atoms with Crippen LogP contribution in [0, 0.1) is 11.7 Å². The minimum absolute atomic E-state index is 0.0119. The summed E-state index contributed by atoms with van der Waals surface area (Å²) in [6, 6.07) is 9.37. The molecule has 1 amide bonds. The third kappa shape index (κ3) is 7.54. The van der Waals surface area contributed by atoms with Gasteiger partial charge >= 0.3 is 5.97 Å². The Labute approximate surface area is 265 Å². The van der Waals surface area contributed by atoms with Gasteiger partial charge in [-0.05, 0) is 62.3 Å². The second-order valence-corrected chi connectivity index (χ2v) is 14.0. The Bertz CT molecular complexity index is 1700. The molecule has 1 N–H and O–H groups in total. The molecule has 0 bridgehead atoms. The Hall–Kier alpha value is -3.39. The second-order valence-electron chi connectivity index (χ2n) is 11.6. The van der Waals surface area contributed by atoms with Crippen LogP contribution in [-0.2, 0) is 42.4 Å². The Kier molecular flexibility index (Phi) is 10.2. The van der Waals surface area contributed by atoms with Gasteiger partial charge in [0.2, 0.25) is 5.56 Å². The number of anilines is 1. The van der Waals surface area contributed by atoms with Gasteiger partial charge in [-0.1, -0.05) is 29.8 Å². The summed E-state index contributed by atoms with van der Waals surface area (Å²) in [6.45, 7) is 1.03. The highest BCUT2D eigenvalue weighted by atomic mass is 35.5. The number of carbonyl (C=O) groups is 3. The molecule has 0 spiro atoms. The summed E-state index contributed by atoms with van der Waals surface area (Å²) in [5, 5.41) is 7.43. The van der Waals surface area contributed by atoms with Crippen molar-refractivity contribution in [1.82, 2.24) is 14.7 Å². The number of halogens is 2. The molecule has 1 saturated heterocycles. The molecule has 5 rings (SSSR count). The highest BCUT2D eigenvalue weighted by Crippen LogP contribution is 2.31. The number of Topliss-reactive ketones (excluding diaryl/α,β-unsaturated/α-hetero) is 1. The largest absolute Gasteiger partial charge is 0.469 e. The Morgan fingerprint density at radius 2 is 1.80 bits per heavy atom. The number of ether oxygens (including phenoxy) is 2. The van der Waals surface area contributed by atoms with E-state index in [2.05, 4.69) is 10.4 Å². The lowest BCUT2D eigenvalue weighted by molar-refractivity contribution is -0.148. The molecule has 1 aliphatic heterocycles. The molecule has 14 heteroatoms. The summed E-state index contributed by atoms with van der Waals surface area (Å²) in [5.74, 6) is -3.49. The minimum Gasteiger partial charge on any atom is -0.469 e. The van der Waals surface area contributed by atoms with Gasteiger partial charge in [-0.3, -0.25) is 24.0 Å². The zero-order chi connectivity index (χ0) is 32.3. The number of fused-ring (bicyclic) bond motifs is 1. The monoisotopic (exact) mass is 662 g/mol. The third-order valence-electron chi connectivity index (χ3n) is 8.37. The number of hydrogen-bond acceptors (Lipinski definition) is 9. The van der Waals surface area contributed by atoms with E-state index in [1.165, 1.54) is 13.2 Å². The molecule has 0 radical (unpaired) electrons. The van der Waals surface area contributed by atoms with Gasteiger partial charge in [0.1, 0.15) is 11.6 Å². The first-order valence-corrected chi connectivity index (χ1v) is 17.0. The highest BCUT2D eigenvalue weighted by Gasteiger charge is 2.39. The third-order valence-corrected chi connectivity index (χ3v) is 10.4. The van der Waals surface area contributed by atoms with Crippen LogP contribution >= 0.6 is 11.6 Å². The van der Waals surface area contributed by atoms with Crippen LogP contribution in [0.5, 0.6) is 0 Å². The molecule has 1 atom stereocenters. The first-order valence-electron chi connectivity index (χ1n) is 14.9. The number of methoxy groups -OCH3 is 1. The minimum atomic E-state index is -4.11. The molecule has 2 aromatic carbocycles. The quantitative estimate of drug-likeness (QED) is 0.299. The number of aryl methyl sites for hydroxylation is 1. The van der Waals surface area contributed by atoms with Crippen LogP contribution in [0.3, 0.4) is 0 Å². The SMILES string of the molecule is COC(=O)C1CCC(OC(N2CCCC2)S(=O)(=O)CC(=O)Cc2cc(Cl)c(NC(=O)c3nn(C)c4ccccc34)cc2F)CC1. The van der Waals surface area contributed by atoms with Crippen molar-refractivity contribution in [1.29, 1.82) is 0 Å². The first-order chi connectivity index (χ1) is 21.5. The van der Waals surface area contributed by atoms with Gasteiger partial charge < -0.3 is 14.8 Å². The number of hydrogen-bond donors (Lipinski definition) is 1. The number of amides is 1. The van der Waals surface area contributed by atoms with Crippen LogP contribution in [0.4, 0.5) is 10.1 Å². The van der Waals surface area contributed by atoms with Gasteiger partial charge in [-0.25, -0.2) is 12.8 Å². The number of carbonyl (C=O) groups excluding carboxylic acids is 3. The van der Waals surface area contributed by atoms with Crippen molar-refractivity contribution >= 4 is 55.7 Å². The van der Waals surface area contributed by atoms with Crippen molar-refractivity contribution in [2.24, 2.45) is 13.0 Å². The summed E-state index contributed by atoms with van der Waals surface area (Å²) in [6.07, 6.45) is 2.76. The van der Waals surface area contributed by atoms with Crippen molar-refractivity contribution in [3.05, 3.63) is 58.5 Å². The van der Waals surface area contributed by atoms with Crippen molar-refractivity contribution in [3.63, 3.8) is 0 Å². The van der Waals surface area contributed by atoms with Gasteiger partial charge in [0.15, 0.2) is 21.3 Å². The van der Waals surface area contributed by atoms with Crippen LogP contribution in [0.2, 0.25) is 5.02 Å². The van der Waals surface area contributed by atoms with Crippen LogP contribution in [0.15, 0.2) is 36.4 Å². The average molecular weight is 663 g/mol. The summed E-state index contributed by atoms with van der Waals surface area (Å²) < 4.78 is 54.7. The average Bonchev–Trinajstić information content (AvgIpc) is 3.66. The molecule has 1 saturated carbocycles. The fourth-order valence-corrected chi connectivity index (χ4v) is 7.98. The van der Waals surface area contributed by atoms with Crippen LogP contribution in [0.1, 0.15) is 54.6 Å². The number of sulfone groups is 1. The fourth-order valence-electron chi connectivity index (χ4n) is 6.06. The van der Waals surface area contributed by atoms with E-state index in [9.17, 15) is 22.8 Å². The Morgan fingerprint density at radius 3 is 2.49 bits per heavy atom. The van der Waals surface area contributed by atoms with Crippen molar-refractivity contribution in [3.8, 4) is 0 Å². The molecule has 1 aromatic heterocycles. The topological polar surface area (TPSA) is 137 Å². The van der Waals surface area contributed by atoms with E-state index in [1.54, 1.807) is 28.8 Å². The molecule has 11 nitrogen and oxygen atoms in total. The zero-order valence-electron chi connectivity index (χ0n) is 25.1. The summed E-state index contributed by atoms with van der Waals surface area (Å²) >= 11 is 6.36. The van der Waals surface area contributed by atoms with Crippen LogP contribution in [-0.4, -0.2) is 78.4 Å². The lowest BCUT2D eigenvalue weighted by Gasteiger charge is -2.33. The van der Waals surface area contributed by atoms with E-state index in [0.717, 1.165) is 24.4 Å². The lowest BCUT2D eigenvalue weighted by Crippen LogP contribution is -2.46. The number of ketones is 1. The van der Waals surface area contributed by atoms with Crippen molar-refractivity contribution < 1.29 is 36.7 Å². The molecule has 2 fully saturated rings. The number of likely N-dealkylation sites (tertiary alicyclic amines) is 1. The predicted octanol–water partition coefficient (Wildman–Crippen LogP) is 4.27. The van der Waals surface area contributed by atoms with Gasteiger partial charge in [0.25, 0.3) is 5.91 Å². The summed E-state index contributed by atoms with van der Waals surface area (Å²) in [7, 11) is -1.07. The first kappa shape index (κ1) is 33.0. The molecular formula is C31H36ClFN4O7S. The number of benzene rings is 2. The van der Waals surface area contributed by atoms with Crippen LogP contribution < -0.4 is 5.32 Å². The predicted molar refractivity (Wildman–Crippen MR) is 166 cm³/mol. The number of para-hydroxylation sites is 1. The normalized spacial score (nSPS) is 19.8. The lowest BCUT2D eigenvalue weighted by atomic mass is 9.87. The van der Waals surface area contributed by atoms with E-state index in [0.29, 0.717) is 44.2 Å². The number of rotatable bonds is 11. The van der Waals surface area contributed by atoms with E-state index in [4.69, 9.17) is 21.1 Å². The molecule has 1 aliphatic carbocycles. The molecule has 45 heavy (non-hydrogen) atoms. The van der Waals surface area contributed by atoms with Gasteiger partial charge in [-0.2, -0.15) is 5.10 Å². The van der Waals surface area contributed by atoms with Crippen molar-refractivity contribution in [2.45, 2.75) is 56.6 Å². The van der Waals surface area contributed by atoms with E-state index >= 15 is 4.39 Å². The van der Waals surface area contributed by atoms with Gasteiger partial charge in [0.05, 0.1) is 35.4 Å². The second kappa shape index (κ2) is 13.9. The number of esters is 1. The summed E-state index contributed by atoms with van der Waals surface area (Å²) in [4.78, 5) is 39.6. The number of nitrogens with zero attached hydrogens (tertiary/aromatic N) is 3. The molecule has 1 unspecified atom stereocenters. The van der Waals surface area contributed by atoms with Crippen molar-refractivity contribution in [2.75, 3.05) is 31.3 Å². The van der Waals surface area contributed by atoms with Gasteiger partial charge in [-0.15, -0.1) is 0 Å². The Morgan fingerprint density at radius 1 is 1.11 bits per heavy atom. The maximum atomic E-state index is 15.2. The molecule has 2 heterocycles. The number of nitrogens with one attached hydrogen (secondary N) is 1. The van der Waals surface area contributed by atoms with E-state index < -0.39 is 45.1 Å². The highest BCUT2D eigenvalue weighted by molar-refractivity contribution is 7.92. The maximum Gasteiger partial charge on any atom is 0.308 e. The molecule has 2 aliphatic rings. The fraction of sp³-hybridized carbons (Fsp3) is 0.484. The smallest absolute Gasteiger partial charge is 0.308 e. The molecule has 242 valence electrons. The van der Waals surface area contributed by atoms with Crippen LogP contribution in [0.25, 0.3) is 10.9 Å². The molecular weight excluding hydrogens is 627 g/mol. The molecule has 3 aromatic rings. The zero-order valence-corrected chi connectivity index (χ0v) is 26.7. The number of aromatic nitrogens is 2. The van der Waals surface area contributed by atoms with E-state index in [1.807, 2.05) is 12.1 Å². The Balaban J connectivity index is 1.24. The maximum absolute atomic E-state index is 15.2. The van der Waals surface area contributed by atoms with Gasteiger partial charge in [0, 0.05) is 31.9 Å².